The van der Waals surface area contributed by atoms with Crippen molar-refractivity contribution in [3.8, 4) is 0 Å². The van der Waals surface area contributed by atoms with Gasteiger partial charge < -0.3 is 21.1 Å². The maximum atomic E-state index is 11.7. The van der Waals surface area contributed by atoms with Crippen LogP contribution in [0.1, 0.15) is 23.7 Å². The van der Waals surface area contributed by atoms with E-state index in [2.05, 4.69) is 9.69 Å². The normalized spacial score (nSPS) is 10.3. The molecule has 1 aromatic rings. The second-order valence-electron chi connectivity index (χ2n) is 3.54. The molecule has 96 valence electrons. The number of hydrogen-bond acceptors (Lipinski definition) is 6. The van der Waals surface area contributed by atoms with Crippen LogP contribution in [0.4, 0.5) is 10.8 Å². The molecule has 0 unspecified atom stereocenters. The number of nitrogen functional groups attached to an aromatic ring is 1. The van der Waals surface area contributed by atoms with E-state index in [0.29, 0.717) is 12.1 Å². The molecule has 0 aromatic carbocycles. The lowest BCUT2D eigenvalue weighted by Crippen LogP contribution is -2.29. The molecule has 0 atom stereocenters. The molecule has 0 aliphatic carbocycles. The van der Waals surface area contributed by atoms with Crippen molar-refractivity contribution in [3.05, 3.63) is 5.56 Å². The molecule has 1 aromatic heterocycles. The highest BCUT2D eigenvalue weighted by Crippen LogP contribution is 2.30. The molecule has 1 heterocycles. The SMILES string of the molecule is CCCN(CCO)c1snc(N)c1C(=O)NC. The van der Waals surface area contributed by atoms with Gasteiger partial charge in [0.05, 0.1) is 6.61 Å². The van der Waals surface area contributed by atoms with Crippen molar-refractivity contribution < 1.29 is 9.90 Å². The van der Waals surface area contributed by atoms with Crippen LogP contribution in [0.3, 0.4) is 0 Å². The number of rotatable bonds is 6. The molecule has 1 rings (SSSR count). The lowest BCUT2D eigenvalue weighted by Gasteiger charge is -2.22. The Kier molecular flexibility index (Phi) is 5.17. The van der Waals surface area contributed by atoms with Crippen LogP contribution in [0.25, 0.3) is 0 Å². The topological polar surface area (TPSA) is 91.5 Å². The van der Waals surface area contributed by atoms with E-state index < -0.39 is 0 Å². The second-order valence-corrected chi connectivity index (χ2v) is 4.29. The van der Waals surface area contributed by atoms with Crippen LogP contribution in [0, 0.1) is 0 Å². The quantitative estimate of drug-likeness (QED) is 0.682. The summed E-state index contributed by atoms with van der Waals surface area (Å²) < 4.78 is 4.01. The lowest BCUT2D eigenvalue weighted by molar-refractivity contribution is 0.0964. The van der Waals surface area contributed by atoms with Crippen LogP contribution in [0.5, 0.6) is 0 Å². The third-order valence-electron chi connectivity index (χ3n) is 2.31. The van der Waals surface area contributed by atoms with Crippen LogP contribution in [0.15, 0.2) is 0 Å². The molecule has 7 heteroatoms. The van der Waals surface area contributed by atoms with Crippen molar-refractivity contribution >= 4 is 28.3 Å². The predicted octanol–water partition coefficient (Wildman–Crippen LogP) is 0.294. The van der Waals surface area contributed by atoms with Gasteiger partial charge in [0.25, 0.3) is 5.91 Å². The zero-order chi connectivity index (χ0) is 12.8. The minimum Gasteiger partial charge on any atom is -0.395 e. The van der Waals surface area contributed by atoms with Gasteiger partial charge in [0.15, 0.2) is 5.82 Å². The van der Waals surface area contributed by atoms with Gasteiger partial charge in [-0.3, -0.25) is 4.79 Å². The Morgan fingerprint density at radius 3 is 2.82 bits per heavy atom. The van der Waals surface area contributed by atoms with Crippen LogP contribution in [-0.4, -0.2) is 42.1 Å². The van der Waals surface area contributed by atoms with Gasteiger partial charge in [-0.25, -0.2) is 0 Å². The van der Waals surface area contributed by atoms with Crippen LogP contribution < -0.4 is 16.0 Å². The van der Waals surface area contributed by atoms with Gasteiger partial charge in [-0.2, -0.15) is 4.37 Å². The number of aliphatic hydroxyl groups excluding tert-OH is 1. The summed E-state index contributed by atoms with van der Waals surface area (Å²) in [6.45, 7) is 3.30. The van der Waals surface area contributed by atoms with E-state index in [9.17, 15) is 4.79 Å². The number of carbonyl (C=O) groups is 1. The molecular formula is C10H18N4O2S. The van der Waals surface area contributed by atoms with Gasteiger partial charge >= 0.3 is 0 Å². The molecule has 0 saturated heterocycles. The van der Waals surface area contributed by atoms with Gasteiger partial charge in [-0.1, -0.05) is 6.92 Å². The minimum absolute atomic E-state index is 0.0327. The minimum atomic E-state index is -0.245. The zero-order valence-corrected chi connectivity index (χ0v) is 10.9. The van der Waals surface area contributed by atoms with Crippen LogP contribution in [-0.2, 0) is 0 Å². The molecule has 0 bridgehead atoms. The molecule has 0 aliphatic heterocycles. The zero-order valence-electron chi connectivity index (χ0n) is 10.1. The van der Waals surface area contributed by atoms with Crippen LogP contribution in [0.2, 0.25) is 0 Å². The number of nitrogens with one attached hydrogen (secondary N) is 1. The molecule has 1 amide bonds. The maximum Gasteiger partial charge on any atom is 0.257 e. The summed E-state index contributed by atoms with van der Waals surface area (Å²) in [6, 6.07) is 0. The first-order chi connectivity index (χ1) is 8.15. The van der Waals surface area contributed by atoms with E-state index in [0.717, 1.165) is 18.0 Å². The summed E-state index contributed by atoms with van der Waals surface area (Å²) in [5.41, 5.74) is 6.10. The Morgan fingerprint density at radius 2 is 2.29 bits per heavy atom. The van der Waals surface area contributed by atoms with Crippen molar-refractivity contribution in [2.75, 3.05) is 37.4 Å². The Morgan fingerprint density at radius 1 is 1.59 bits per heavy atom. The maximum absolute atomic E-state index is 11.7. The Hall–Kier alpha value is -1.34. The summed E-state index contributed by atoms with van der Waals surface area (Å²) in [5, 5.41) is 12.3. The fourth-order valence-corrected chi connectivity index (χ4v) is 2.42. The van der Waals surface area contributed by atoms with Crippen molar-refractivity contribution in [1.82, 2.24) is 9.69 Å². The summed E-state index contributed by atoms with van der Waals surface area (Å²) in [6.07, 6.45) is 0.922. The number of aliphatic hydroxyl groups is 1. The smallest absolute Gasteiger partial charge is 0.257 e. The first-order valence-electron chi connectivity index (χ1n) is 5.48. The molecule has 0 spiro atoms. The standard InChI is InChI=1S/C10H18N4O2S/c1-3-4-14(5-6-15)10-7(9(16)12-2)8(11)13-17-10/h15H,3-6H2,1-2H3,(H2,11,13)(H,12,16). The summed E-state index contributed by atoms with van der Waals surface area (Å²) in [4.78, 5) is 13.6. The molecule has 0 aliphatic rings. The van der Waals surface area contributed by atoms with Gasteiger partial charge in [0, 0.05) is 20.1 Å². The third kappa shape index (κ3) is 3.07. The monoisotopic (exact) mass is 258 g/mol. The van der Waals surface area contributed by atoms with Crippen molar-refractivity contribution in [2.45, 2.75) is 13.3 Å². The molecule has 4 N–H and O–H groups in total. The first-order valence-corrected chi connectivity index (χ1v) is 6.26. The second kappa shape index (κ2) is 6.41. The highest BCUT2D eigenvalue weighted by Gasteiger charge is 2.22. The van der Waals surface area contributed by atoms with E-state index in [-0.39, 0.29) is 18.3 Å². The summed E-state index contributed by atoms with van der Waals surface area (Å²) in [5.74, 6) is -0.00585. The Balaban J connectivity index is 3.05. The molecule has 0 saturated carbocycles. The first kappa shape index (κ1) is 13.7. The fourth-order valence-electron chi connectivity index (χ4n) is 1.55. The Bertz CT molecular complexity index is 374. The number of nitrogens with zero attached hydrogens (tertiary/aromatic N) is 2. The molecule has 6 nitrogen and oxygen atoms in total. The van der Waals surface area contributed by atoms with Gasteiger partial charge in [0.2, 0.25) is 0 Å². The summed E-state index contributed by atoms with van der Waals surface area (Å²) in [7, 11) is 1.55. The Labute approximate surface area is 105 Å². The lowest BCUT2D eigenvalue weighted by atomic mass is 10.2. The van der Waals surface area contributed by atoms with E-state index in [1.54, 1.807) is 7.05 Å². The average molecular weight is 258 g/mol. The number of carbonyl (C=O) groups excluding carboxylic acids is 1. The third-order valence-corrected chi connectivity index (χ3v) is 3.23. The molecule has 0 fully saturated rings. The number of hydrogen-bond donors (Lipinski definition) is 3. The number of aromatic nitrogens is 1. The molecule has 0 radical (unpaired) electrons. The van der Waals surface area contributed by atoms with Crippen molar-refractivity contribution in [2.24, 2.45) is 0 Å². The predicted molar refractivity (Wildman–Crippen MR) is 69.5 cm³/mol. The van der Waals surface area contributed by atoms with Crippen LogP contribution >= 0.6 is 11.5 Å². The number of anilines is 2. The van der Waals surface area contributed by atoms with Crippen molar-refractivity contribution in [1.29, 1.82) is 0 Å². The summed E-state index contributed by atoms with van der Waals surface area (Å²) >= 11 is 1.19. The van der Waals surface area contributed by atoms with E-state index >= 15 is 0 Å². The number of nitrogens with two attached hydrogens (primary N) is 1. The largest absolute Gasteiger partial charge is 0.395 e. The van der Waals surface area contributed by atoms with Gasteiger partial charge in [0.1, 0.15) is 10.6 Å². The van der Waals surface area contributed by atoms with E-state index in [1.807, 2.05) is 11.8 Å². The van der Waals surface area contributed by atoms with Gasteiger partial charge in [-0.05, 0) is 18.0 Å². The highest BCUT2D eigenvalue weighted by molar-refractivity contribution is 7.11. The van der Waals surface area contributed by atoms with Crippen molar-refractivity contribution in [3.63, 3.8) is 0 Å². The number of amides is 1. The molecule has 17 heavy (non-hydrogen) atoms. The van der Waals surface area contributed by atoms with E-state index in [1.165, 1.54) is 11.5 Å². The molecular weight excluding hydrogens is 240 g/mol. The highest BCUT2D eigenvalue weighted by atomic mass is 32.1. The van der Waals surface area contributed by atoms with Gasteiger partial charge in [-0.15, -0.1) is 0 Å². The fraction of sp³-hybridized carbons (Fsp3) is 0.600. The average Bonchev–Trinajstić information content (AvgIpc) is 2.70. The van der Waals surface area contributed by atoms with E-state index in [4.69, 9.17) is 10.8 Å².